The van der Waals surface area contributed by atoms with E-state index >= 15 is 0 Å². The Labute approximate surface area is 173 Å². The molecule has 4 nitrogen and oxygen atoms in total. The van der Waals surface area contributed by atoms with Gasteiger partial charge in [-0.25, -0.2) is 17.2 Å². The third-order valence-electron chi connectivity index (χ3n) is 4.99. The Morgan fingerprint density at radius 1 is 0.867 bits per heavy atom. The standard InChI is InChI=1S/C23H17F2NO3S/c1-30(28,29)18-12-6-15(7-13-18)20-14-26(17-10-8-16(24)9-11-17)23(27)22(20)19-4-2-3-5-21(19)25/h2-13H,14H2,1H3. The van der Waals surface area contributed by atoms with Crippen LogP contribution >= 0.6 is 0 Å². The first-order valence-electron chi connectivity index (χ1n) is 9.11. The average molecular weight is 425 g/mol. The van der Waals surface area contributed by atoms with Gasteiger partial charge in [0.25, 0.3) is 5.91 Å². The minimum atomic E-state index is -3.37. The Balaban J connectivity index is 1.85. The SMILES string of the molecule is CS(=O)(=O)c1ccc(C2=C(c3ccccc3F)C(=O)N(c3ccc(F)cc3)C2)cc1. The van der Waals surface area contributed by atoms with Crippen molar-refractivity contribution in [1.29, 1.82) is 0 Å². The van der Waals surface area contributed by atoms with Crippen LogP contribution in [0.2, 0.25) is 0 Å². The van der Waals surface area contributed by atoms with Gasteiger partial charge in [-0.3, -0.25) is 4.79 Å². The zero-order valence-corrected chi connectivity index (χ0v) is 16.8. The minimum Gasteiger partial charge on any atom is -0.304 e. The van der Waals surface area contributed by atoms with Gasteiger partial charge >= 0.3 is 0 Å². The van der Waals surface area contributed by atoms with Crippen LogP contribution in [0.25, 0.3) is 11.1 Å². The fourth-order valence-corrected chi connectivity index (χ4v) is 4.11. The van der Waals surface area contributed by atoms with Crippen molar-refractivity contribution in [2.45, 2.75) is 4.90 Å². The van der Waals surface area contributed by atoms with Gasteiger partial charge in [0.05, 0.1) is 17.0 Å². The van der Waals surface area contributed by atoms with Gasteiger partial charge < -0.3 is 4.90 Å². The molecule has 0 fully saturated rings. The highest BCUT2D eigenvalue weighted by Crippen LogP contribution is 2.38. The van der Waals surface area contributed by atoms with E-state index in [1.807, 2.05) is 0 Å². The smallest absolute Gasteiger partial charge is 0.259 e. The highest BCUT2D eigenvalue weighted by atomic mass is 32.2. The summed E-state index contributed by atoms with van der Waals surface area (Å²) in [6, 6.07) is 17.6. The molecule has 1 heterocycles. The Morgan fingerprint density at radius 3 is 2.10 bits per heavy atom. The van der Waals surface area contributed by atoms with E-state index in [1.165, 1.54) is 59.5 Å². The van der Waals surface area contributed by atoms with Gasteiger partial charge in [0, 0.05) is 17.5 Å². The highest BCUT2D eigenvalue weighted by molar-refractivity contribution is 7.90. The maximum Gasteiger partial charge on any atom is 0.259 e. The van der Waals surface area contributed by atoms with Gasteiger partial charge in [-0.15, -0.1) is 0 Å². The molecule has 0 N–H and O–H groups in total. The summed E-state index contributed by atoms with van der Waals surface area (Å²) in [7, 11) is -3.37. The maximum absolute atomic E-state index is 14.6. The van der Waals surface area contributed by atoms with E-state index in [4.69, 9.17) is 0 Å². The molecule has 3 aromatic carbocycles. The molecule has 0 saturated carbocycles. The Hall–Kier alpha value is -3.32. The zero-order chi connectivity index (χ0) is 21.5. The second-order valence-electron chi connectivity index (χ2n) is 7.00. The number of sulfone groups is 1. The highest BCUT2D eigenvalue weighted by Gasteiger charge is 2.34. The minimum absolute atomic E-state index is 0.145. The lowest BCUT2D eigenvalue weighted by Gasteiger charge is -2.17. The van der Waals surface area contributed by atoms with Crippen LogP contribution in [0, 0.1) is 11.6 Å². The monoisotopic (exact) mass is 425 g/mol. The molecule has 30 heavy (non-hydrogen) atoms. The van der Waals surface area contributed by atoms with Crippen molar-refractivity contribution in [1.82, 2.24) is 0 Å². The van der Waals surface area contributed by atoms with Gasteiger partial charge in [-0.05, 0) is 53.6 Å². The molecule has 0 unspecified atom stereocenters. The molecule has 3 aromatic rings. The number of hydrogen-bond donors (Lipinski definition) is 0. The lowest BCUT2D eigenvalue weighted by molar-refractivity contribution is -0.112. The van der Waals surface area contributed by atoms with Gasteiger partial charge in [0.2, 0.25) is 0 Å². The molecule has 0 atom stereocenters. The number of amides is 1. The van der Waals surface area contributed by atoms with Crippen molar-refractivity contribution in [3.05, 3.63) is 95.6 Å². The molecule has 0 saturated heterocycles. The third-order valence-corrected chi connectivity index (χ3v) is 6.12. The van der Waals surface area contributed by atoms with E-state index < -0.39 is 27.4 Å². The van der Waals surface area contributed by atoms with Crippen LogP contribution in [0.1, 0.15) is 11.1 Å². The summed E-state index contributed by atoms with van der Waals surface area (Å²) in [4.78, 5) is 14.9. The number of hydrogen-bond acceptors (Lipinski definition) is 3. The zero-order valence-electron chi connectivity index (χ0n) is 16.0. The third kappa shape index (κ3) is 3.64. The van der Waals surface area contributed by atoms with Crippen LogP contribution in [-0.4, -0.2) is 27.1 Å². The molecule has 0 spiro atoms. The Kier molecular flexibility index (Phi) is 4.99. The fraction of sp³-hybridized carbons (Fsp3) is 0.0870. The molecule has 7 heteroatoms. The van der Waals surface area contributed by atoms with Crippen molar-refractivity contribution in [2.75, 3.05) is 17.7 Å². The van der Waals surface area contributed by atoms with Gasteiger partial charge in [0.1, 0.15) is 11.6 Å². The number of carbonyl (C=O) groups is 1. The van der Waals surface area contributed by atoms with Crippen molar-refractivity contribution >= 4 is 32.6 Å². The number of halogens is 2. The van der Waals surface area contributed by atoms with E-state index in [9.17, 15) is 22.0 Å². The topological polar surface area (TPSA) is 54.5 Å². The lowest BCUT2D eigenvalue weighted by atomic mass is 9.96. The summed E-state index contributed by atoms with van der Waals surface area (Å²) in [5.74, 6) is -1.37. The van der Waals surface area contributed by atoms with E-state index in [0.717, 1.165) is 6.26 Å². The molecule has 1 amide bonds. The molecule has 0 radical (unpaired) electrons. The predicted molar refractivity (Wildman–Crippen MR) is 112 cm³/mol. The first-order valence-corrected chi connectivity index (χ1v) is 11.0. The van der Waals surface area contributed by atoms with E-state index in [0.29, 0.717) is 16.8 Å². The quantitative estimate of drug-likeness (QED) is 0.625. The van der Waals surface area contributed by atoms with Crippen molar-refractivity contribution in [3.8, 4) is 0 Å². The van der Waals surface area contributed by atoms with Crippen molar-refractivity contribution in [2.24, 2.45) is 0 Å². The fourth-order valence-electron chi connectivity index (χ4n) is 3.48. The average Bonchev–Trinajstić information content (AvgIpc) is 3.05. The van der Waals surface area contributed by atoms with E-state index in [1.54, 1.807) is 18.2 Å². The van der Waals surface area contributed by atoms with Crippen LogP contribution in [-0.2, 0) is 14.6 Å². The van der Waals surface area contributed by atoms with Crippen LogP contribution < -0.4 is 4.90 Å². The number of anilines is 1. The summed E-state index contributed by atoms with van der Waals surface area (Å²) in [6.07, 6.45) is 1.11. The first kappa shape index (κ1) is 20.0. The molecule has 1 aliphatic heterocycles. The van der Waals surface area contributed by atoms with E-state index in [2.05, 4.69) is 0 Å². The normalized spacial score (nSPS) is 14.5. The maximum atomic E-state index is 14.6. The summed E-state index contributed by atoms with van der Waals surface area (Å²) in [5.41, 5.74) is 2.02. The summed E-state index contributed by atoms with van der Waals surface area (Å²) < 4.78 is 51.4. The summed E-state index contributed by atoms with van der Waals surface area (Å²) in [5, 5.41) is 0. The van der Waals surface area contributed by atoms with Crippen LogP contribution in [0.4, 0.5) is 14.5 Å². The molecule has 152 valence electrons. The van der Waals surface area contributed by atoms with Crippen LogP contribution in [0.3, 0.4) is 0 Å². The number of nitrogens with zero attached hydrogens (tertiary/aromatic N) is 1. The predicted octanol–water partition coefficient (Wildman–Crippen LogP) is 4.33. The van der Waals surface area contributed by atoms with Gasteiger partial charge in [-0.1, -0.05) is 30.3 Å². The van der Waals surface area contributed by atoms with Gasteiger partial charge in [0.15, 0.2) is 9.84 Å². The van der Waals surface area contributed by atoms with Gasteiger partial charge in [-0.2, -0.15) is 0 Å². The Morgan fingerprint density at radius 2 is 1.50 bits per heavy atom. The molecule has 0 aromatic heterocycles. The van der Waals surface area contributed by atoms with Crippen molar-refractivity contribution < 1.29 is 22.0 Å². The number of benzene rings is 3. The second kappa shape index (κ2) is 7.50. The van der Waals surface area contributed by atoms with Crippen LogP contribution in [0.5, 0.6) is 0 Å². The molecule has 0 bridgehead atoms. The molecular formula is C23H17F2NO3S. The number of carbonyl (C=O) groups excluding carboxylic acids is 1. The molecule has 0 aliphatic carbocycles. The van der Waals surface area contributed by atoms with Crippen molar-refractivity contribution in [3.63, 3.8) is 0 Å². The largest absolute Gasteiger partial charge is 0.304 e. The number of rotatable bonds is 4. The van der Waals surface area contributed by atoms with E-state index in [-0.39, 0.29) is 22.6 Å². The summed E-state index contributed by atoms with van der Waals surface area (Å²) in [6.45, 7) is 0.145. The molecule has 1 aliphatic rings. The summed E-state index contributed by atoms with van der Waals surface area (Å²) >= 11 is 0. The first-order chi connectivity index (χ1) is 14.3. The Bertz CT molecular complexity index is 1260. The molecular weight excluding hydrogens is 408 g/mol. The lowest BCUT2D eigenvalue weighted by Crippen LogP contribution is -2.26. The molecule has 4 rings (SSSR count). The second-order valence-corrected chi connectivity index (χ2v) is 9.01. The van der Waals surface area contributed by atoms with Crippen LogP contribution in [0.15, 0.2) is 77.7 Å².